The molecule has 2 amide bonds. The number of fused-ring (bicyclic) bond motifs is 2. The van der Waals surface area contributed by atoms with E-state index in [9.17, 15) is 14.0 Å². The SMILES string of the molecule is CC(C)(C)OC(=O)N(CC(=O)N1CCC(N2CC3CCC(C2)O3)CC1)[C@@H]1C[C@H]1c1cc(F)cc(F)c1OCc1ccccc1. The van der Waals surface area contributed by atoms with E-state index in [0.29, 0.717) is 43.3 Å². The minimum absolute atomic E-state index is 0.0307. The van der Waals surface area contributed by atoms with Gasteiger partial charge in [0.25, 0.3) is 0 Å². The van der Waals surface area contributed by atoms with Gasteiger partial charge in [-0.3, -0.25) is 14.6 Å². The third kappa shape index (κ3) is 7.18. The molecule has 4 atom stereocenters. The summed E-state index contributed by atoms with van der Waals surface area (Å²) in [6, 6.07) is 11.4. The van der Waals surface area contributed by atoms with Gasteiger partial charge in [0.15, 0.2) is 11.6 Å². The molecule has 3 heterocycles. The van der Waals surface area contributed by atoms with E-state index in [1.165, 1.54) is 11.0 Å². The highest BCUT2D eigenvalue weighted by Crippen LogP contribution is 2.49. The number of hydrogen-bond acceptors (Lipinski definition) is 6. The van der Waals surface area contributed by atoms with Crippen LogP contribution in [0.25, 0.3) is 0 Å². The maximum atomic E-state index is 15.0. The first-order valence-electron chi connectivity index (χ1n) is 15.9. The minimum atomic E-state index is -0.794. The lowest BCUT2D eigenvalue weighted by molar-refractivity contribution is -0.134. The number of carbonyl (C=O) groups excluding carboxylic acids is 2. The van der Waals surface area contributed by atoms with Crippen molar-refractivity contribution >= 4 is 12.0 Å². The topological polar surface area (TPSA) is 71.6 Å². The standard InChI is InChI=1S/C34H43F2N3O5/c1-34(2,3)44-33(41)39(20-31(40)37-13-11-24(12-14-37)38-18-25-9-10-26(19-38)43-25)30-17-27(30)28-15-23(35)16-29(36)32(28)42-21-22-7-5-4-6-8-22/h4-8,15-16,24-27,30H,9-14,17-21H2,1-3H3/t25?,26?,27-,30+/m0/s1. The average Bonchev–Trinajstić information content (AvgIpc) is 3.70. The lowest BCUT2D eigenvalue weighted by atomic mass is 10.0. The Hall–Kier alpha value is -3.24. The maximum absolute atomic E-state index is 15.0. The number of ether oxygens (including phenoxy) is 3. The second-order valence-corrected chi connectivity index (χ2v) is 13.6. The van der Waals surface area contributed by atoms with Crippen molar-refractivity contribution in [1.29, 1.82) is 0 Å². The van der Waals surface area contributed by atoms with Gasteiger partial charge in [-0.1, -0.05) is 30.3 Å². The normalized spacial score (nSPS) is 25.5. The summed E-state index contributed by atoms with van der Waals surface area (Å²) < 4.78 is 47.1. The van der Waals surface area contributed by atoms with Gasteiger partial charge in [-0.05, 0) is 64.5 Å². The number of piperidine rings is 1. The average molecular weight is 612 g/mol. The van der Waals surface area contributed by atoms with Crippen molar-refractivity contribution in [2.75, 3.05) is 32.7 Å². The Morgan fingerprint density at radius 1 is 1.00 bits per heavy atom. The largest absolute Gasteiger partial charge is 0.486 e. The summed E-state index contributed by atoms with van der Waals surface area (Å²) in [5.41, 5.74) is 0.429. The molecular weight excluding hydrogens is 568 g/mol. The zero-order valence-electron chi connectivity index (χ0n) is 25.8. The Morgan fingerprint density at radius 3 is 2.34 bits per heavy atom. The van der Waals surface area contributed by atoms with E-state index in [1.54, 1.807) is 20.8 Å². The Kier molecular flexibility index (Phi) is 8.84. The van der Waals surface area contributed by atoms with Crippen LogP contribution in [-0.2, 0) is 20.9 Å². The summed E-state index contributed by atoms with van der Waals surface area (Å²) in [7, 11) is 0. The lowest BCUT2D eigenvalue weighted by Gasteiger charge is -2.42. The number of hydrogen-bond donors (Lipinski definition) is 0. The molecule has 8 nitrogen and oxygen atoms in total. The summed E-state index contributed by atoms with van der Waals surface area (Å²) in [5, 5.41) is 0. The molecule has 3 saturated heterocycles. The van der Waals surface area contributed by atoms with Crippen molar-refractivity contribution in [3.05, 3.63) is 65.2 Å². The van der Waals surface area contributed by atoms with Gasteiger partial charge in [0.1, 0.15) is 24.6 Å². The lowest BCUT2D eigenvalue weighted by Crippen LogP contribution is -2.54. The summed E-state index contributed by atoms with van der Waals surface area (Å²) in [6.45, 7) is 8.45. The van der Waals surface area contributed by atoms with Crippen molar-refractivity contribution in [1.82, 2.24) is 14.7 Å². The Morgan fingerprint density at radius 2 is 1.68 bits per heavy atom. The van der Waals surface area contributed by atoms with Crippen LogP contribution in [-0.4, -0.2) is 89.3 Å². The highest BCUT2D eigenvalue weighted by molar-refractivity contribution is 5.83. The van der Waals surface area contributed by atoms with E-state index in [4.69, 9.17) is 14.2 Å². The summed E-state index contributed by atoms with van der Waals surface area (Å²) in [5.74, 6) is -2.08. The van der Waals surface area contributed by atoms with Gasteiger partial charge in [-0.25, -0.2) is 13.6 Å². The first-order chi connectivity index (χ1) is 21.0. The number of benzene rings is 2. The summed E-state index contributed by atoms with van der Waals surface area (Å²) in [6.07, 6.45) is 4.52. The van der Waals surface area contributed by atoms with Crippen LogP contribution in [0.4, 0.5) is 13.6 Å². The van der Waals surface area contributed by atoms with E-state index in [0.717, 1.165) is 50.4 Å². The fraction of sp³-hybridized carbons (Fsp3) is 0.588. The maximum Gasteiger partial charge on any atom is 0.411 e. The minimum Gasteiger partial charge on any atom is -0.486 e. The molecule has 0 radical (unpaired) electrons. The van der Waals surface area contributed by atoms with E-state index < -0.39 is 35.3 Å². The molecule has 238 valence electrons. The molecule has 2 aromatic carbocycles. The predicted octanol–water partition coefficient (Wildman–Crippen LogP) is 5.49. The first-order valence-corrected chi connectivity index (χ1v) is 15.9. The van der Waals surface area contributed by atoms with E-state index in [1.807, 2.05) is 35.2 Å². The molecule has 1 saturated carbocycles. The molecule has 4 fully saturated rings. The van der Waals surface area contributed by atoms with Gasteiger partial charge in [0, 0.05) is 55.8 Å². The third-order valence-corrected chi connectivity index (χ3v) is 9.16. The van der Waals surface area contributed by atoms with Crippen LogP contribution in [0.5, 0.6) is 5.75 Å². The molecule has 4 aliphatic rings. The molecule has 1 aliphatic carbocycles. The first kappa shape index (κ1) is 30.8. The molecule has 10 heteroatoms. The van der Waals surface area contributed by atoms with Crippen molar-refractivity contribution in [2.45, 2.75) is 95.3 Å². The Balaban J connectivity index is 1.13. The number of carbonyl (C=O) groups is 2. The number of morpholine rings is 1. The summed E-state index contributed by atoms with van der Waals surface area (Å²) >= 11 is 0. The smallest absolute Gasteiger partial charge is 0.411 e. The highest BCUT2D eigenvalue weighted by Gasteiger charge is 2.49. The molecule has 6 rings (SSSR count). The Bertz CT molecular complexity index is 1330. The molecule has 2 aromatic rings. The van der Waals surface area contributed by atoms with Crippen molar-refractivity contribution in [2.24, 2.45) is 0 Å². The molecular formula is C34H43F2N3O5. The number of nitrogens with zero attached hydrogens (tertiary/aromatic N) is 3. The highest BCUT2D eigenvalue weighted by atomic mass is 19.1. The van der Waals surface area contributed by atoms with Crippen LogP contribution in [0.1, 0.15) is 69.9 Å². The molecule has 0 aromatic heterocycles. The predicted molar refractivity (Wildman–Crippen MR) is 160 cm³/mol. The molecule has 0 spiro atoms. The van der Waals surface area contributed by atoms with E-state index >= 15 is 4.39 Å². The molecule has 2 unspecified atom stereocenters. The van der Waals surface area contributed by atoms with Gasteiger partial charge in [-0.15, -0.1) is 0 Å². The molecule has 44 heavy (non-hydrogen) atoms. The van der Waals surface area contributed by atoms with E-state index in [-0.39, 0.29) is 24.8 Å². The van der Waals surface area contributed by atoms with E-state index in [2.05, 4.69) is 4.90 Å². The van der Waals surface area contributed by atoms with Gasteiger partial charge in [-0.2, -0.15) is 0 Å². The molecule has 2 bridgehead atoms. The van der Waals surface area contributed by atoms with Crippen LogP contribution in [0.3, 0.4) is 0 Å². The van der Waals surface area contributed by atoms with Crippen LogP contribution >= 0.6 is 0 Å². The number of halogens is 2. The second-order valence-electron chi connectivity index (χ2n) is 13.6. The quantitative estimate of drug-likeness (QED) is 0.393. The number of amides is 2. The van der Waals surface area contributed by atoms with Gasteiger partial charge >= 0.3 is 6.09 Å². The van der Waals surface area contributed by atoms with Gasteiger partial charge < -0.3 is 19.1 Å². The zero-order chi connectivity index (χ0) is 31.0. The van der Waals surface area contributed by atoms with Crippen molar-refractivity contribution in [3.8, 4) is 5.75 Å². The molecule has 0 N–H and O–H groups in total. The fourth-order valence-electron chi connectivity index (χ4n) is 6.91. The van der Waals surface area contributed by atoms with Crippen LogP contribution in [0, 0.1) is 11.6 Å². The van der Waals surface area contributed by atoms with Crippen molar-refractivity contribution < 1.29 is 32.6 Å². The van der Waals surface area contributed by atoms with Crippen LogP contribution < -0.4 is 4.74 Å². The zero-order valence-corrected chi connectivity index (χ0v) is 25.8. The monoisotopic (exact) mass is 611 g/mol. The van der Waals surface area contributed by atoms with Crippen molar-refractivity contribution in [3.63, 3.8) is 0 Å². The second kappa shape index (κ2) is 12.6. The van der Waals surface area contributed by atoms with Crippen LogP contribution in [0.15, 0.2) is 42.5 Å². The number of rotatable bonds is 8. The van der Waals surface area contributed by atoms with Crippen LogP contribution in [0.2, 0.25) is 0 Å². The fourth-order valence-corrected chi connectivity index (χ4v) is 6.91. The van der Waals surface area contributed by atoms with Gasteiger partial charge in [0.05, 0.1) is 12.2 Å². The molecule has 3 aliphatic heterocycles. The summed E-state index contributed by atoms with van der Waals surface area (Å²) in [4.78, 5) is 32.8. The van der Waals surface area contributed by atoms with Gasteiger partial charge in [0.2, 0.25) is 5.91 Å². The number of likely N-dealkylation sites (tertiary alicyclic amines) is 2. The third-order valence-electron chi connectivity index (χ3n) is 9.16. The Labute approximate surface area is 258 Å².